The Kier molecular flexibility index (Phi) is 7.97. The van der Waals surface area contributed by atoms with Crippen LogP contribution in [0.25, 0.3) is 0 Å². The van der Waals surface area contributed by atoms with Gasteiger partial charge in [-0.2, -0.15) is 0 Å². The fraction of sp³-hybridized carbons (Fsp3) is 0.818. The lowest BCUT2D eigenvalue weighted by atomic mass is 9.99. The Hall–Kier alpha value is -1.44. The first-order valence-electron chi connectivity index (χ1n) is 6.00. The highest BCUT2D eigenvalue weighted by Gasteiger charge is 2.28. The molecular weight excluding hydrogens is 262 g/mol. The van der Waals surface area contributed by atoms with E-state index in [-0.39, 0.29) is 12.5 Å². The predicted octanol–water partition coefficient (Wildman–Crippen LogP) is 0.755. The number of alkyl halides is 2. The molecular formula is C11H20F2N2O4. The molecule has 2 atom stereocenters. The third-order valence-corrected chi connectivity index (χ3v) is 2.77. The minimum Gasteiger partial charge on any atom is -0.480 e. The predicted molar refractivity (Wildman–Crippen MR) is 64.1 cm³/mol. The van der Waals surface area contributed by atoms with Crippen LogP contribution < -0.4 is 5.32 Å². The van der Waals surface area contributed by atoms with Crippen LogP contribution in [-0.4, -0.2) is 59.3 Å². The van der Waals surface area contributed by atoms with Gasteiger partial charge in [0.1, 0.15) is 6.04 Å². The summed E-state index contributed by atoms with van der Waals surface area (Å²) in [4.78, 5) is 23.4. The summed E-state index contributed by atoms with van der Waals surface area (Å²) in [5.74, 6) is -1.55. The van der Waals surface area contributed by atoms with Gasteiger partial charge in [0.2, 0.25) is 0 Å². The number of hydrogen-bond donors (Lipinski definition) is 3. The molecule has 112 valence electrons. The molecule has 2 amide bonds. The van der Waals surface area contributed by atoms with Crippen molar-refractivity contribution in [3.05, 3.63) is 0 Å². The minimum atomic E-state index is -2.75. The number of aliphatic carboxylic acids is 1. The highest BCUT2D eigenvalue weighted by atomic mass is 19.3. The molecule has 2 unspecified atom stereocenters. The molecule has 0 fully saturated rings. The molecule has 0 saturated heterocycles. The molecule has 0 aromatic heterocycles. The summed E-state index contributed by atoms with van der Waals surface area (Å²) in [5, 5.41) is 19.9. The number of nitrogens with zero attached hydrogens (tertiary/aromatic N) is 1. The number of nitrogens with one attached hydrogen (secondary N) is 1. The fourth-order valence-electron chi connectivity index (χ4n) is 1.47. The van der Waals surface area contributed by atoms with E-state index in [4.69, 9.17) is 10.2 Å². The first-order valence-corrected chi connectivity index (χ1v) is 6.00. The third-order valence-electron chi connectivity index (χ3n) is 2.77. The number of carbonyl (C=O) groups is 2. The fourth-order valence-corrected chi connectivity index (χ4v) is 1.47. The molecule has 19 heavy (non-hydrogen) atoms. The normalized spacial score (nSPS) is 14.0. The van der Waals surface area contributed by atoms with E-state index in [1.807, 2.05) is 0 Å². The molecule has 0 aromatic carbocycles. The molecule has 0 saturated carbocycles. The van der Waals surface area contributed by atoms with Gasteiger partial charge in [0.15, 0.2) is 0 Å². The van der Waals surface area contributed by atoms with Crippen molar-refractivity contribution in [1.82, 2.24) is 10.2 Å². The van der Waals surface area contributed by atoms with Gasteiger partial charge in [0.05, 0.1) is 13.2 Å². The lowest BCUT2D eigenvalue weighted by molar-refractivity contribution is -0.140. The van der Waals surface area contributed by atoms with Crippen molar-refractivity contribution in [2.45, 2.75) is 32.7 Å². The number of carboxylic acid groups (broad SMARTS) is 1. The van der Waals surface area contributed by atoms with Gasteiger partial charge in [0, 0.05) is 6.54 Å². The second-order valence-electron chi connectivity index (χ2n) is 4.21. The second-order valence-corrected chi connectivity index (χ2v) is 4.21. The number of hydrogen-bond acceptors (Lipinski definition) is 3. The van der Waals surface area contributed by atoms with E-state index in [9.17, 15) is 18.4 Å². The SMILES string of the molecule is CCC(C)C(NC(=O)N(CCO)CC(F)F)C(=O)O. The maximum Gasteiger partial charge on any atom is 0.326 e. The number of urea groups is 1. The first-order chi connectivity index (χ1) is 8.83. The van der Waals surface area contributed by atoms with Crippen LogP contribution in [0.3, 0.4) is 0 Å². The zero-order chi connectivity index (χ0) is 15.0. The summed E-state index contributed by atoms with van der Waals surface area (Å²) >= 11 is 0. The number of halogens is 2. The average molecular weight is 282 g/mol. The average Bonchev–Trinajstić information content (AvgIpc) is 2.33. The number of rotatable bonds is 8. The molecule has 8 heteroatoms. The van der Waals surface area contributed by atoms with Crippen molar-refractivity contribution in [2.75, 3.05) is 19.7 Å². The molecule has 0 spiro atoms. The molecule has 0 aliphatic carbocycles. The lowest BCUT2D eigenvalue weighted by Gasteiger charge is -2.26. The highest BCUT2D eigenvalue weighted by Crippen LogP contribution is 2.09. The molecule has 6 nitrogen and oxygen atoms in total. The number of aliphatic hydroxyl groups excluding tert-OH is 1. The van der Waals surface area contributed by atoms with Gasteiger partial charge >= 0.3 is 12.0 Å². The van der Waals surface area contributed by atoms with E-state index >= 15 is 0 Å². The Morgan fingerprint density at radius 3 is 2.32 bits per heavy atom. The van der Waals surface area contributed by atoms with Crippen molar-refractivity contribution < 1.29 is 28.6 Å². The van der Waals surface area contributed by atoms with Crippen molar-refractivity contribution in [1.29, 1.82) is 0 Å². The van der Waals surface area contributed by atoms with Crippen LogP contribution in [0.4, 0.5) is 13.6 Å². The van der Waals surface area contributed by atoms with Gasteiger partial charge in [-0.05, 0) is 5.92 Å². The quantitative estimate of drug-likeness (QED) is 0.613. The molecule has 0 radical (unpaired) electrons. The molecule has 0 heterocycles. The Balaban J connectivity index is 4.70. The minimum absolute atomic E-state index is 0.275. The van der Waals surface area contributed by atoms with Crippen LogP contribution in [0.2, 0.25) is 0 Å². The van der Waals surface area contributed by atoms with Crippen molar-refractivity contribution in [2.24, 2.45) is 5.92 Å². The third kappa shape index (κ3) is 6.32. The summed E-state index contributed by atoms with van der Waals surface area (Å²) in [5.41, 5.74) is 0. The molecule has 0 aliphatic heterocycles. The lowest BCUT2D eigenvalue weighted by Crippen LogP contribution is -2.52. The number of aliphatic hydroxyl groups is 1. The van der Waals surface area contributed by atoms with Gasteiger partial charge in [0.25, 0.3) is 6.43 Å². The Bertz CT molecular complexity index is 302. The largest absolute Gasteiger partial charge is 0.480 e. The Morgan fingerprint density at radius 2 is 1.95 bits per heavy atom. The summed E-state index contributed by atoms with van der Waals surface area (Å²) in [7, 11) is 0. The van der Waals surface area contributed by atoms with Crippen molar-refractivity contribution >= 4 is 12.0 Å². The highest BCUT2D eigenvalue weighted by molar-refractivity contribution is 5.82. The Morgan fingerprint density at radius 1 is 1.37 bits per heavy atom. The molecule has 0 aromatic rings. The summed E-state index contributed by atoms with van der Waals surface area (Å²) < 4.78 is 24.5. The smallest absolute Gasteiger partial charge is 0.326 e. The molecule has 0 rings (SSSR count). The zero-order valence-corrected chi connectivity index (χ0v) is 11.0. The maximum absolute atomic E-state index is 12.3. The van der Waals surface area contributed by atoms with Crippen LogP contribution in [-0.2, 0) is 4.79 Å². The molecule has 3 N–H and O–H groups in total. The van der Waals surface area contributed by atoms with E-state index < -0.39 is 37.6 Å². The van der Waals surface area contributed by atoms with Crippen LogP contribution in [0.15, 0.2) is 0 Å². The van der Waals surface area contributed by atoms with Gasteiger partial charge in [-0.15, -0.1) is 0 Å². The van der Waals surface area contributed by atoms with Crippen molar-refractivity contribution in [3.8, 4) is 0 Å². The van der Waals surface area contributed by atoms with Crippen LogP contribution >= 0.6 is 0 Å². The number of carbonyl (C=O) groups excluding carboxylic acids is 1. The maximum atomic E-state index is 12.3. The Labute approximate surface area is 110 Å². The number of carboxylic acids is 1. The van der Waals surface area contributed by atoms with Crippen LogP contribution in [0, 0.1) is 5.92 Å². The van der Waals surface area contributed by atoms with E-state index in [1.165, 1.54) is 0 Å². The summed E-state index contributed by atoms with van der Waals surface area (Å²) in [6, 6.07) is -2.06. The van der Waals surface area contributed by atoms with Crippen molar-refractivity contribution in [3.63, 3.8) is 0 Å². The van der Waals surface area contributed by atoms with E-state index in [0.29, 0.717) is 11.3 Å². The van der Waals surface area contributed by atoms with E-state index in [2.05, 4.69) is 5.32 Å². The second kappa shape index (κ2) is 8.63. The van der Waals surface area contributed by atoms with Gasteiger partial charge in [-0.1, -0.05) is 20.3 Å². The zero-order valence-electron chi connectivity index (χ0n) is 11.0. The van der Waals surface area contributed by atoms with E-state index in [1.54, 1.807) is 13.8 Å². The molecule has 0 aliphatic rings. The molecule has 0 bridgehead atoms. The number of amides is 2. The van der Waals surface area contributed by atoms with Crippen LogP contribution in [0.5, 0.6) is 0 Å². The topological polar surface area (TPSA) is 89.9 Å². The van der Waals surface area contributed by atoms with Crippen LogP contribution in [0.1, 0.15) is 20.3 Å². The summed E-state index contributed by atoms with van der Waals surface area (Å²) in [6.45, 7) is 1.81. The van der Waals surface area contributed by atoms with Gasteiger partial charge in [-0.3, -0.25) is 0 Å². The standard InChI is InChI=1S/C11H20F2N2O4/c1-3-7(2)9(10(17)18)14-11(19)15(4-5-16)6-8(12)13/h7-9,16H,3-6H2,1-2H3,(H,14,19)(H,17,18). The monoisotopic (exact) mass is 282 g/mol. The van der Waals surface area contributed by atoms with Gasteiger partial charge in [-0.25, -0.2) is 18.4 Å². The van der Waals surface area contributed by atoms with E-state index in [0.717, 1.165) is 0 Å². The first kappa shape index (κ1) is 17.6. The van der Waals surface area contributed by atoms with Gasteiger partial charge < -0.3 is 20.4 Å². The summed E-state index contributed by atoms with van der Waals surface area (Å²) in [6.07, 6.45) is -2.23.